The smallest absolute Gasteiger partial charge is 0.164 e. The summed E-state index contributed by atoms with van der Waals surface area (Å²) >= 11 is 0. The van der Waals surface area contributed by atoms with Crippen LogP contribution in [0.15, 0.2) is 346 Å². The van der Waals surface area contributed by atoms with E-state index in [-0.39, 0.29) is 12.0 Å². The van der Waals surface area contributed by atoms with Crippen LogP contribution in [0.5, 0.6) is 0 Å². The molecule has 0 radical (unpaired) electrons. The molecule has 1 aliphatic heterocycles. The summed E-state index contributed by atoms with van der Waals surface area (Å²) in [7, 11) is 0. The Kier molecular flexibility index (Phi) is 13.6. The molecule has 0 saturated heterocycles. The van der Waals surface area contributed by atoms with E-state index in [1.807, 2.05) is 18.2 Å². The standard InChI is InChI=1S/C96H60N8/c1-2-22-67(23-3-1)91-97-92(99-94(98-91)73-27-16-28-77(57-73)103-83-52-47-63-19-8-12-29-78(63)86(83)87-79-30-13-9-20-64(79)48-53-84(87)103)68-41-35-62(36-42-68)61-33-39-66(40-34-61)82-58-72-26-11-15-32-81(72)89-88-80-31-14-10-21-65(80)49-54-85(88)104(90(82)89)76-50-45-69(46-51-76)93-100-95(74-43-37-59-17-4-6-24-70(59)55-74)102-96(101-93)75-44-38-60-18-5-7-25-71(60)56-75/h1-58,83,86H. The molecule has 1 aliphatic carbocycles. The Labute approximate surface area is 599 Å². The quantitative estimate of drug-likeness (QED) is 0.135. The Balaban J connectivity index is 0.647. The van der Waals surface area contributed by atoms with Gasteiger partial charge in [-0.25, -0.2) is 29.9 Å². The van der Waals surface area contributed by atoms with Crippen molar-refractivity contribution in [2.75, 3.05) is 4.90 Å². The Morgan fingerprint density at radius 1 is 0.269 bits per heavy atom. The average molecular weight is 1330 g/mol. The summed E-state index contributed by atoms with van der Waals surface area (Å²) in [5.41, 5.74) is 19.4. The van der Waals surface area contributed by atoms with E-state index in [1.165, 1.54) is 65.5 Å². The van der Waals surface area contributed by atoms with E-state index < -0.39 is 0 Å². The Morgan fingerprint density at radius 2 is 0.712 bits per heavy atom. The number of fused-ring (bicyclic) bond motifs is 16. The van der Waals surface area contributed by atoms with E-state index in [0.29, 0.717) is 34.9 Å². The van der Waals surface area contributed by atoms with Crippen LogP contribution in [0.4, 0.5) is 11.4 Å². The molecule has 16 aromatic carbocycles. The summed E-state index contributed by atoms with van der Waals surface area (Å²) in [6, 6.07) is 122. The second-order valence-electron chi connectivity index (χ2n) is 27.3. The van der Waals surface area contributed by atoms with Crippen LogP contribution in [-0.4, -0.2) is 40.5 Å². The van der Waals surface area contributed by atoms with Crippen molar-refractivity contribution in [1.29, 1.82) is 0 Å². The molecule has 2 aliphatic rings. The summed E-state index contributed by atoms with van der Waals surface area (Å²) < 4.78 is 2.46. The molecule has 3 aromatic heterocycles. The van der Waals surface area contributed by atoms with E-state index in [2.05, 4.69) is 343 Å². The van der Waals surface area contributed by atoms with Crippen LogP contribution < -0.4 is 4.90 Å². The third kappa shape index (κ3) is 9.82. The first-order valence-corrected chi connectivity index (χ1v) is 35.5. The van der Waals surface area contributed by atoms with Crippen molar-refractivity contribution in [3.05, 3.63) is 362 Å². The number of hydrogen-bond acceptors (Lipinski definition) is 7. The highest BCUT2D eigenvalue weighted by Crippen LogP contribution is 2.54. The summed E-state index contributed by atoms with van der Waals surface area (Å²) in [4.78, 5) is 34.0. The zero-order valence-corrected chi connectivity index (χ0v) is 56.2. The second kappa shape index (κ2) is 23.9. The summed E-state index contributed by atoms with van der Waals surface area (Å²) in [6.45, 7) is 0. The van der Waals surface area contributed by atoms with Gasteiger partial charge in [0.25, 0.3) is 0 Å². The van der Waals surface area contributed by atoms with Gasteiger partial charge in [0.1, 0.15) is 0 Å². The van der Waals surface area contributed by atoms with E-state index in [9.17, 15) is 0 Å². The minimum Gasteiger partial charge on any atom is -0.333 e. The van der Waals surface area contributed by atoms with Crippen LogP contribution in [0.2, 0.25) is 0 Å². The first-order valence-electron chi connectivity index (χ1n) is 35.5. The maximum absolute atomic E-state index is 5.31. The lowest BCUT2D eigenvalue weighted by Gasteiger charge is -2.31. The summed E-state index contributed by atoms with van der Waals surface area (Å²) in [5, 5.41) is 14.3. The number of benzene rings is 16. The maximum atomic E-state index is 5.31. The lowest BCUT2D eigenvalue weighted by Crippen LogP contribution is -2.30. The number of rotatable bonds is 10. The first-order chi connectivity index (χ1) is 51.5. The van der Waals surface area contributed by atoms with Gasteiger partial charge in [-0.15, -0.1) is 0 Å². The lowest BCUT2D eigenvalue weighted by molar-refractivity contribution is 0.727. The molecule has 0 N–H and O–H groups in total. The van der Waals surface area contributed by atoms with E-state index in [4.69, 9.17) is 29.9 Å². The third-order valence-corrected chi connectivity index (χ3v) is 21.4. The van der Waals surface area contributed by atoms with Gasteiger partial charge in [-0.3, -0.25) is 0 Å². The predicted octanol–water partition coefficient (Wildman–Crippen LogP) is 23.9. The van der Waals surface area contributed by atoms with Gasteiger partial charge in [0.05, 0.1) is 17.1 Å². The molecule has 0 saturated carbocycles. The van der Waals surface area contributed by atoms with Crippen molar-refractivity contribution < 1.29 is 0 Å². The van der Waals surface area contributed by atoms with Crippen LogP contribution in [0.1, 0.15) is 22.6 Å². The fraction of sp³-hybridized carbons (Fsp3) is 0.0208. The molecule has 8 heteroatoms. The molecule has 0 spiro atoms. The average Bonchev–Trinajstić information content (AvgIpc) is 1.57. The van der Waals surface area contributed by atoms with Gasteiger partial charge in [0, 0.05) is 72.7 Å². The van der Waals surface area contributed by atoms with Gasteiger partial charge in [0.2, 0.25) is 0 Å². The molecule has 8 nitrogen and oxygen atoms in total. The van der Waals surface area contributed by atoms with Crippen molar-refractivity contribution in [3.8, 4) is 96.3 Å². The predicted molar refractivity (Wildman–Crippen MR) is 428 cm³/mol. The van der Waals surface area contributed by atoms with Crippen molar-refractivity contribution >= 4 is 93.1 Å². The highest BCUT2D eigenvalue weighted by Gasteiger charge is 2.42. The largest absolute Gasteiger partial charge is 0.333 e. The number of anilines is 2. The molecule has 0 amide bonds. The van der Waals surface area contributed by atoms with Crippen LogP contribution >= 0.6 is 0 Å². The van der Waals surface area contributed by atoms with Gasteiger partial charge in [-0.1, -0.05) is 285 Å². The maximum Gasteiger partial charge on any atom is 0.164 e. The van der Waals surface area contributed by atoms with Gasteiger partial charge >= 0.3 is 0 Å². The molecular weight excluding hydrogens is 1270 g/mol. The number of nitrogens with zero attached hydrogens (tertiary/aromatic N) is 8. The molecule has 104 heavy (non-hydrogen) atoms. The zero-order valence-electron chi connectivity index (χ0n) is 56.2. The molecule has 2 atom stereocenters. The molecular formula is C96H60N8. The second-order valence-corrected chi connectivity index (χ2v) is 27.3. The summed E-state index contributed by atoms with van der Waals surface area (Å²) in [6.07, 6.45) is 4.68. The third-order valence-electron chi connectivity index (χ3n) is 21.4. The van der Waals surface area contributed by atoms with Gasteiger partial charge in [-0.05, 0) is 154 Å². The van der Waals surface area contributed by atoms with E-state index in [1.54, 1.807) is 0 Å². The fourth-order valence-electron chi connectivity index (χ4n) is 16.4. The Morgan fingerprint density at radius 3 is 1.35 bits per heavy atom. The normalized spacial score (nSPS) is 13.9. The molecule has 2 unspecified atom stereocenters. The highest BCUT2D eigenvalue weighted by atomic mass is 15.2. The SMILES string of the molecule is C1=CC2C(c3ccccc31)c1c(ccc3ccccc13)N2c1cccc(-c2nc(-c3ccccc3)nc(-c3ccc(-c4ccc(-c5cc6ccccc6c6c7c8ccccc8ccc7n(-c7ccc(-c8nc(-c9ccc%10ccccc%10c9)nc(-c9ccc%10ccccc%10c9)n8)cc7)c56)cc4)cc3)n2)c1. The molecule has 21 rings (SSSR count). The minimum atomic E-state index is 0.0783. The number of hydrogen-bond donors (Lipinski definition) is 0. The monoisotopic (exact) mass is 1320 g/mol. The van der Waals surface area contributed by atoms with Crippen LogP contribution in [-0.2, 0) is 0 Å². The molecule has 0 fully saturated rings. The first kappa shape index (κ1) is 59.1. The highest BCUT2D eigenvalue weighted by molar-refractivity contribution is 6.31. The lowest BCUT2D eigenvalue weighted by atomic mass is 9.80. The van der Waals surface area contributed by atoms with Gasteiger partial charge in [0.15, 0.2) is 34.9 Å². The fourth-order valence-corrected chi connectivity index (χ4v) is 16.4. The van der Waals surface area contributed by atoms with Crippen LogP contribution in [0.3, 0.4) is 0 Å². The number of aromatic nitrogens is 7. The van der Waals surface area contributed by atoms with Crippen molar-refractivity contribution in [1.82, 2.24) is 34.5 Å². The van der Waals surface area contributed by atoms with Crippen molar-refractivity contribution in [3.63, 3.8) is 0 Å². The van der Waals surface area contributed by atoms with Crippen molar-refractivity contribution in [2.45, 2.75) is 12.0 Å². The Hall–Kier alpha value is -13.8. The van der Waals surface area contributed by atoms with E-state index in [0.717, 1.165) is 99.6 Å². The van der Waals surface area contributed by atoms with Crippen LogP contribution in [0, 0.1) is 0 Å². The molecule has 0 bridgehead atoms. The van der Waals surface area contributed by atoms with Gasteiger partial charge < -0.3 is 9.47 Å². The van der Waals surface area contributed by atoms with Gasteiger partial charge in [-0.2, -0.15) is 0 Å². The summed E-state index contributed by atoms with van der Waals surface area (Å²) in [5.74, 6) is 3.83. The van der Waals surface area contributed by atoms with Crippen molar-refractivity contribution in [2.24, 2.45) is 0 Å². The zero-order chi connectivity index (χ0) is 68.3. The molecule has 19 aromatic rings. The molecule has 4 heterocycles. The van der Waals surface area contributed by atoms with Crippen LogP contribution in [0.25, 0.3) is 178 Å². The molecule has 484 valence electrons. The topological polar surface area (TPSA) is 85.5 Å². The van der Waals surface area contributed by atoms with E-state index >= 15 is 0 Å². The minimum absolute atomic E-state index is 0.0783. The Bertz CT molecular complexity index is 6640.